The number of nitrogens with one attached hydrogen (secondary N) is 1. The molecule has 2 unspecified atom stereocenters. The zero-order chi connectivity index (χ0) is 18.0. The lowest BCUT2D eigenvalue weighted by atomic mass is 10.1. The van der Waals surface area contributed by atoms with Crippen molar-refractivity contribution in [3.63, 3.8) is 0 Å². The van der Waals surface area contributed by atoms with Crippen molar-refractivity contribution in [2.45, 2.75) is 39.3 Å². The summed E-state index contributed by atoms with van der Waals surface area (Å²) in [6.45, 7) is 5.76. The number of hydrogen-bond acceptors (Lipinski definition) is 5. The molecule has 25 heavy (non-hydrogen) atoms. The van der Waals surface area contributed by atoms with Crippen LogP contribution in [0, 0.1) is 0 Å². The summed E-state index contributed by atoms with van der Waals surface area (Å²) >= 11 is 0. The average Bonchev–Trinajstić information content (AvgIpc) is 3.09. The van der Waals surface area contributed by atoms with Gasteiger partial charge in [-0.05, 0) is 44.5 Å². The molecule has 0 saturated carbocycles. The molecule has 1 amide bonds. The van der Waals surface area contributed by atoms with Gasteiger partial charge >= 0.3 is 0 Å². The SMILES string of the molecule is CCC(C)NC(=O)C(C)n1nc(-c2ccc3c(c2)OCO3)ccc1=O. The molecule has 0 bridgehead atoms. The van der Waals surface area contributed by atoms with Crippen LogP contribution in [-0.2, 0) is 4.79 Å². The van der Waals surface area contributed by atoms with E-state index in [2.05, 4.69) is 10.4 Å². The Hall–Kier alpha value is -2.83. The van der Waals surface area contributed by atoms with Crippen LogP contribution in [0.2, 0.25) is 0 Å². The fourth-order valence-corrected chi connectivity index (χ4v) is 2.49. The van der Waals surface area contributed by atoms with Gasteiger partial charge in [-0.15, -0.1) is 0 Å². The van der Waals surface area contributed by atoms with E-state index in [0.717, 1.165) is 12.0 Å². The first kappa shape index (κ1) is 17.0. The van der Waals surface area contributed by atoms with Crippen LogP contribution >= 0.6 is 0 Å². The highest BCUT2D eigenvalue weighted by atomic mass is 16.7. The summed E-state index contributed by atoms with van der Waals surface area (Å²) in [4.78, 5) is 24.5. The van der Waals surface area contributed by atoms with E-state index in [1.807, 2.05) is 26.0 Å². The van der Waals surface area contributed by atoms with Crippen LogP contribution in [-0.4, -0.2) is 28.5 Å². The van der Waals surface area contributed by atoms with Gasteiger partial charge in [0.1, 0.15) is 6.04 Å². The van der Waals surface area contributed by atoms with Crippen LogP contribution in [0.15, 0.2) is 35.1 Å². The fraction of sp³-hybridized carbons (Fsp3) is 0.389. The van der Waals surface area contributed by atoms with Crippen molar-refractivity contribution >= 4 is 5.91 Å². The number of carbonyl (C=O) groups excluding carboxylic acids is 1. The molecule has 1 N–H and O–H groups in total. The molecule has 2 heterocycles. The van der Waals surface area contributed by atoms with E-state index in [9.17, 15) is 9.59 Å². The Morgan fingerprint density at radius 1 is 1.24 bits per heavy atom. The van der Waals surface area contributed by atoms with Crippen molar-refractivity contribution in [2.75, 3.05) is 6.79 Å². The van der Waals surface area contributed by atoms with E-state index in [-0.39, 0.29) is 24.3 Å². The largest absolute Gasteiger partial charge is 0.454 e. The Morgan fingerprint density at radius 3 is 2.76 bits per heavy atom. The molecule has 1 aliphatic rings. The highest BCUT2D eigenvalue weighted by Crippen LogP contribution is 2.35. The smallest absolute Gasteiger partial charge is 0.267 e. The first-order valence-electron chi connectivity index (χ1n) is 8.30. The van der Waals surface area contributed by atoms with Gasteiger partial charge in [-0.2, -0.15) is 5.10 Å². The fourth-order valence-electron chi connectivity index (χ4n) is 2.49. The van der Waals surface area contributed by atoms with E-state index in [1.54, 1.807) is 19.1 Å². The van der Waals surface area contributed by atoms with Crippen LogP contribution < -0.4 is 20.3 Å². The first-order chi connectivity index (χ1) is 12.0. The second-order valence-electron chi connectivity index (χ2n) is 6.06. The minimum absolute atomic E-state index is 0.0442. The van der Waals surface area contributed by atoms with E-state index >= 15 is 0 Å². The Balaban J connectivity index is 1.90. The molecule has 3 rings (SSSR count). The molecule has 2 aromatic rings. The number of fused-ring (bicyclic) bond motifs is 1. The van der Waals surface area contributed by atoms with Gasteiger partial charge in [0.2, 0.25) is 12.7 Å². The van der Waals surface area contributed by atoms with Crippen LogP contribution in [0.1, 0.15) is 33.2 Å². The van der Waals surface area contributed by atoms with Crippen LogP contribution in [0.3, 0.4) is 0 Å². The van der Waals surface area contributed by atoms with Gasteiger partial charge in [0.15, 0.2) is 11.5 Å². The van der Waals surface area contributed by atoms with E-state index in [0.29, 0.717) is 17.2 Å². The molecule has 0 radical (unpaired) electrons. The average molecular weight is 343 g/mol. The minimum Gasteiger partial charge on any atom is -0.454 e. The number of aromatic nitrogens is 2. The van der Waals surface area contributed by atoms with Crippen LogP contribution in [0.5, 0.6) is 11.5 Å². The normalized spacial score (nSPS) is 14.8. The minimum atomic E-state index is -0.699. The molecule has 2 atom stereocenters. The molecule has 7 nitrogen and oxygen atoms in total. The maximum Gasteiger partial charge on any atom is 0.267 e. The molecule has 132 valence electrons. The highest BCUT2D eigenvalue weighted by Gasteiger charge is 2.20. The molecule has 7 heteroatoms. The first-order valence-corrected chi connectivity index (χ1v) is 8.30. The van der Waals surface area contributed by atoms with Gasteiger partial charge < -0.3 is 14.8 Å². The maximum atomic E-state index is 12.3. The lowest BCUT2D eigenvalue weighted by molar-refractivity contribution is -0.124. The second-order valence-corrected chi connectivity index (χ2v) is 6.06. The molecular formula is C18H21N3O4. The number of amides is 1. The number of ether oxygens (including phenoxy) is 2. The summed E-state index contributed by atoms with van der Waals surface area (Å²) in [5.41, 5.74) is 1.05. The summed E-state index contributed by atoms with van der Waals surface area (Å²) in [5.74, 6) is 1.09. The third-order valence-corrected chi connectivity index (χ3v) is 4.24. The number of carbonyl (C=O) groups is 1. The highest BCUT2D eigenvalue weighted by molar-refractivity contribution is 5.80. The molecule has 1 aromatic heterocycles. The van der Waals surface area contributed by atoms with E-state index in [1.165, 1.54) is 10.7 Å². The Kier molecular flexibility index (Phi) is 4.74. The van der Waals surface area contributed by atoms with Gasteiger partial charge in [0.05, 0.1) is 5.69 Å². The van der Waals surface area contributed by atoms with Crippen LogP contribution in [0.4, 0.5) is 0 Å². The monoisotopic (exact) mass is 343 g/mol. The summed E-state index contributed by atoms with van der Waals surface area (Å²) in [7, 11) is 0. The Morgan fingerprint density at radius 2 is 2.00 bits per heavy atom. The van der Waals surface area contributed by atoms with Crippen molar-refractivity contribution in [1.82, 2.24) is 15.1 Å². The quantitative estimate of drug-likeness (QED) is 0.899. The summed E-state index contributed by atoms with van der Waals surface area (Å²) < 4.78 is 11.9. The standard InChI is InChI=1S/C18H21N3O4/c1-4-11(2)19-18(23)12(3)21-17(22)8-6-14(20-21)13-5-7-15-16(9-13)25-10-24-15/h5-9,11-12H,4,10H2,1-3H3,(H,19,23). The van der Waals surface area contributed by atoms with Gasteiger partial charge in [-0.25, -0.2) is 4.68 Å². The third kappa shape index (κ3) is 3.50. The molecule has 1 aliphatic heterocycles. The van der Waals surface area contributed by atoms with Gasteiger partial charge in [-0.1, -0.05) is 6.92 Å². The van der Waals surface area contributed by atoms with E-state index in [4.69, 9.17) is 9.47 Å². The van der Waals surface area contributed by atoms with Crippen molar-refractivity contribution in [2.24, 2.45) is 0 Å². The second kappa shape index (κ2) is 6.96. The molecule has 0 spiro atoms. The lowest BCUT2D eigenvalue weighted by Gasteiger charge is -2.18. The summed E-state index contributed by atoms with van der Waals surface area (Å²) in [6, 6.07) is 7.85. The molecular weight excluding hydrogens is 322 g/mol. The van der Waals surface area contributed by atoms with Gasteiger partial charge in [0, 0.05) is 17.7 Å². The summed E-state index contributed by atoms with van der Waals surface area (Å²) in [5, 5.41) is 7.24. The van der Waals surface area contributed by atoms with Crippen LogP contribution in [0.25, 0.3) is 11.3 Å². The summed E-state index contributed by atoms with van der Waals surface area (Å²) in [6.07, 6.45) is 0.817. The number of rotatable bonds is 5. The van der Waals surface area contributed by atoms with Crippen molar-refractivity contribution < 1.29 is 14.3 Å². The Labute approximate surface area is 145 Å². The maximum absolute atomic E-state index is 12.3. The molecule has 0 saturated heterocycles. The Bertz CT molecular complexity index is 846. The molecule has 0 fully saturated rings. The van der Waals surface area contributed by atoms with Crippen molar-refractivity contribution in [3.05, 3.63) is 40.7 Å². The van der Waals surface area contributed by atoms with Gasteiger partial charge in [0.25, 0.3) is 5.56 Å². The number of hydrogen-bond donors (Lipinski definition) is 1. The number of benzene rings is 1. The van der Waals surface area contributed by atoms with Crippen molar-refractivity contribution in [3.8, 4) is 22.8 Å². The predicted octanol–water partition coefficient (Wildman–Crippen LogP) is 2.11. The zero-order valence-electron chi connectivity index (χ0n) is 14.5. The zero-order valence-corrected chi connectivity index (χ0v) is 14.5. The topological polar surface area (TPSA) is 82.5 Å². The predicted molar refractivity (Wildman–Crippen MR) is 92.7 cm³/mol. The van der Waals surface area contributed by atoms with Gasteiger partial charge in [-0.3, -0.25) is 9.59 Å². The number of nitrogens with zero attached hydrogens (tertiary/aromatic N) is 2. The van der Waals surface area contributed by atoms with E-state index < -0.39 is 6.04 Å². The third-order valence-electron chi connectivity index (χ3n) is 4.24. The van der Waals surface area contributed by atoms with Crippen molar-refractivity contribution in [1.29, 1.82) is 0 Å². The molecule has 0 aliphatic carbocycles. The lowest BCUT2D eigenvalue weighted by Crippen LogP contribution is -2.40. The molecule has 1 aromatic carbocycles.